The molecule has 0 radical (unpaired) electrons. The molecule has 0 aliphatic carbocycles. The van der Waals surface area contributed by atoms with E-state index in [-0.39, 0.29) is 17.2 Å². The van der Waals surface area contributed by atoms with Crippen LogP contribution in [-0.4, -0.2) is 31.4 Å². The monoisotopic (exact) mass is 494 g/mol. The topological polar surface area (TPSA) is 76.9 Å². The third-order valence-electron chi connectivity index (χ3n) is 5.30. The van der Waals surface area contributed by atoms with Crippen molar-refractivity contribution in [1.29, 1.82) is 0 Å². The molecule has 0 saturated heterocycles. The average molecular weight is 495 g/mol. The molecule has 0 fully saturated rings. The Morgan fingerprint density at radius 1 is 1.15 bits per heavy atom. The molecule has 1 aliphatic rings. The number of para-hydroxylation sites is 1. The smallest absolute Gasteiger partial charge is 0.268 e. The maximum Gasteiger partial charge on any atom is 0.268 e. The highest BCUT2D eigenvalue weighted by Gasteiger charge is 2.26. The Labute approximate surface area is 203 Å². The molecule has 1 atom stereocenters. The van der Waals surface area contributed by atoms with Gasteiger partial charge in [0.05, 0.1) is 26.6 Å². The van der Waals surface area contributed by atoms with Crippen LogP contribution in [0.2, 0.25) is 0 Å². The molecule has 4 aromatic rings. The van der Waals surface area contributed by atoms with E-state index in [0.29, 0.717) is 22.1 Å². The number of anilines is 1. The zero-order valence-electron chi connectivity index (χ0n) is 18.0. The second-order valence-electron chi connectivity index (χ2n) is 7.82. The summed E-state index contributed by atoms with van der Waals surface area (Å²) in [6, 6.07) is 17.9. The number of thioether (sulfide) groups is 2. The van der Waals surface area contributed by atoms with Crippen molar-refractivity contribution in [1.82, 2.24) is 14.5 Å². The highest BCUT2D eigenvalue weighted by molar-refractivity contribution is 8.00. The number of aryl methyl sites for hydroxylation is 1. The van der Waals surface area contributed by atoms with Crippen molar-refractivity contribution in [3.8, 4) is 0 Å². The van der Waals surface area contributed by atoms with Crippen LogP contribution in [0, 0.1) is 0 Å². The molecule has 1 aliphatic heterocycles. The minimum atomic E-state index is -0.161. The maximum absolute atomic E-state index is 13.3. The first kappa shape index (κ1) is 22.2. The second-order valence-corrected chi connectivity index (χ2v) is 11.2. The molecular weight excluding hydrogens is 472 g/mol. The van der Waals surface area contributed by atoms with Gasteiger partial charge in [0.15, 0.2) is 10.3 Å². The van der Waals surface area contributed by atoms with Crippen molar-refractivity contribution in [2.75, 3.05) is 11.1 Å². The summed E-state index contributed by atoms with van der Waals surface area (Å²) in [6.07, 6.45) is 1.51. The van der Waals surface area contributed by atoms with Gasteiger partial charge >= 0.3 is 0 Å². The maximum atomic E-state index is 13.3. The van der Waals surface area contributed by atoms with Crippen LogP contribution in [0.1, 0.15) is 18.2 Å². The predicted octanol–water partition coefficient (Wildman–Crippen LogP) is 4.86. The summed E-state index contributed by atoms with van der Waals surface area (Å²) >= 11 is 4.35. The minimum Gasteiger partial charge on any atom is -0.301 e. The highest BCUT2D eigenvalue weighted by atomic mass is 32.2. The van der Waals surface area contributed by atoms with Gasteiger partial charge in [0.2, 0.25) is 5.91 Å². The van der Waals surface area contributed by atoms with Crippen LogP contribution in [0.4, 0.5) is 5.13 Å². The summed E-state index contributed by atoms with van der Waals surface area (Å²) in [5.41, 5.74) is 2.88. The second kappa shape index (κ2) is 9.70. The Balaban J connectivity index is 1.33. The summed E-state index contributed by atoms with van der Waals surface area (Å²) in [7, 11) is 0. The molecule has 3 heterocycles. The number of amides is 1. The number of benzene rings is 2. The molecule has 0 spiro atoms. The van der Waals surface area contributed by atoms with Crippen LogP contribution in [0.25, 0.3) is 10.2 Å². The lowest BCUT2D eigenvalue weighted by Gasteiger charge is -2.13. The number of carbonyl (C=O) groups is 1. The van der Waals surface area contributed by atoms with Gasteiger partial charge in [0, 0.05) is 18.2 Å². The zero-order valence-corrected chi connectivity index (χ0v) is 20.4. The van der Waals surface area contributed by atoms with Crippen molar-refractivity contribution in [3.63, 3.8) is 0 Å². The Morgan fingerprint density at radius 2 is 1.94 bits per heavy atom. The molecule has 5 rings (SSSR count). The largest absolute Gasteiger partial charge is 0.301 e. The molecule has 1 amide bonds. The number of hydrogen-bond donors (Lipinski definition) is 1. The van der Waals surface area contributed by atoms with Crippen molar-refractivity contribution in [2.24, 2.45) is 0 Å². The summed E-state index contributed by atoms with van der Waals surface area (Å²) in [5.74, 6) is 0.000924. The van der Waals surface area contributed by atoms with Gasteiger partial charge in [-0.25, -0.2) is 9.97 Å². The van der Waals surface area contributed by atoms with E-state index in [1.807, 2.05) is 42.5 Å². The van der Waals surface area contributed by atoms with Gasteiger partial charge < -0.3 is 5.32 Å². The van der Waals surface area contributed by atoms with Crippen LogP contribution >= 0.6 is 34.9 Å². The van der Waals surface area contributed by atoms with Gasteiger partial charge in [0.1, 0.15) is 0 Å². The van der Waals surface area contributed by atoms with Crippen molar-refractivity contribution in [2.45, 2.75) is 41.6 Å². The first-order chi connectivity index (χ1) is 16.1. The first-order valence-corrected chi connectivity index (χ1v) is 13.4. The van der Waals surface area contributed by atoms with Gasteiger partial charge in [-0.2, -0.15) is 0 Å². The average Bonchev–Trinajstić information content (AvgIpc) is 3.40. The number of hydrogen-bond acceptors (Lipinski definition) is 7. The molecule has 2 aromatic carbocycles. The van der Waals surface area contributed by atoms with E-state index >= 15 is 0 Å². The van der Waals surface area contributed by atoms with E-state index in [1.54, 1.807) is 16.3 Å². The van der Waals surface area contributed by atoms with Crippen LogP contribution in [-0.2, 0) is 24.2 Å². The van der Waals surface area contributed by atoms with E-state index in [2.05, 4.69) is 29.4 Å². The molecule has 1 N–H and O–H groups in total. The highest BCUT2D eigenvalue weighted by Crippen LogP contribution is 2.34. The lowest BCUT2D eigenvalue weighted by atomic mass is 10.1. The lowest BCUT2D eigenvalue weighted by Crippen LogP contribution is -2.27. The van der Waals surface area contributed by atoms with E-state index in [4.69, 9.17) is 4.98 Å². The minimum absolute atomic E-state index is 0.000590. The summed E-state index contributed by atoms with van der Waals surface area (Å²) in [4.78, 5) is 35.9. The van der Waals surface area contributed by atoms with Crippen LogP contribution < -0.4 is 10.9 Å². The number of thiazole rings is 1. The molecule has 9 heteroatoms. The number of fused-ring (bicyclic) bond motifs is 2. The molecule has 6 nitrogen and oxygen atoms in total. The van der Waals surface area contributed by atoms with Gasteiger partial charge in [0.25, 0.3) is 5.56 Å². The molecule has 168 valence electrons. The Bertz CT molecular complexity index is 1330. The number of carbonyl (C=O) groups excluding carboxylic acids is 1. The normalized spacial score (nSPS) is 15.0. The summed E-state index contributed by atoms with van der Waals surface area (Å²) in [5, 5.41) is 4.40. The van der Waals surface area contributed by atoms with E-state index in [9.17, 15) is 9.59 Å². The van der Waals surface area contributed by atoms with E-state index in [1.165, 1.54) is 23.1 Å². The zero-order chi connectivity index (χ0) is 22.8. The third kappa shape index (κ3) is 5.00. The Kier molecular flexibility index (Phi) is 6.52. The van der Waals surface area contributed by atoms with Crippen LogP contribution in [0.15, 0.2) is 69.4 Å². The summed E-state index contributed by atoms with van der Waals surface area (Å²) in [6.45, 7) is 2.64. The fourth-order valence-electron chi connectivity index (χ4n) is 3.74. The Morgan fingerprint density at radius 3 is 2.76 bits per heavy atom. The molecule has 0 unspecified atom stereocenters. The van der Waals surface area contributed by atoms with Gasteiger partial charge in [-0.1, -0.05) is 72.5 Å². The van der Waals surface area contributed by atoms with E-state index < -0.39 is 0 Å². The fourth-order valence-corrected chi connectivity index (χ4v) is 6.57. The number of rotatable bonds is 7. The molecule has 33 heavy (non-hydrogen) atoms. The molecule has 0 saturated carbocycles. The predicted molar refractivity (Wildman–Crippen MR) is 137 cm³/mol. The standard InChI is InChI=1S/C24H22N4O2S3/c1-15-13-18-21(32-15)22(30)28(12-11-16-7-3-2-4-8-16)24(26-18)31-14-20(29)27-23-25-17-9-5-6-10-19(17)33-23/h2-10,15H,11-14H2,1H3,(H,25,27,29)/t15-/m0/s1. The molecular formula is C24H22N4O2S3. The number of nitrogens with one attached hydrogen (secondary N) is 1. The summed E-state index contributed by atoms with van der Waals surface area (Å²) < 4.78 is 2.76. The first-order valence-electron chi connectivity index (χ1n) is 10.7. The number of aromatic nitrogens is 3. The SMILES string of the molecule is C[C@H]1Cc2nc(SCC(=O)Nc3nc4ccccc4s3)n(CCc3ccccc3)c(=O)c2S1. The quantitative estimate of drug-likeness (QED) is 0.292. The van der Waals surface area contributed by atoms with Crippen molar-refractivity contribution < 1.29 is 4.79 Å². The number of nitrogens with zero attached hydrogens (tertiary/aromatic N) is 3. The van der Waals surface area contributed by atoms with Gasteiger partial charge in [-0.15, -0.1) is 11.8 Å². The van der Waals surface area contributed by atoms with Crippen LogP contribution in [0.3, 0.4) is 0 Å². The van der Waals surface area contributed by atoms with Gasteiger partial charge in [-0.05, 0) is 24.1 Å². The fraction of sp³-hybridized carbons (Fsp3) is 0.250. The molecule has 0 bridgehead atoms. The lowest BCUT2D eigenvalue weighted by molar-refractivity contribution is -0.113. The van der Waals surface area contributed by atoms with E-state index in [0.717, 1.165) is 39.2 Å². The Hall–Kier alpha value is -2.62. The van der Waals surface area contributed by atoms with Crippen LogP contribution in [0.5, 0.6) is 0 Å². The molecule has 2 aromatic heterocycles. The van der Waals surface area contributed by atoms with Crippen molar-refractivity contribution in [3.05, 3.63) is 76.2 Å². The van der Waals surface area contributed by atoms with Crippen molar-refractivity contribution >= 4 is 56.1 Å². The third-order valence-corrected chi connectivity index (χ3v) is 8.45. The van der Waals surface area contributed by atoms with Gasteiger partial charge in [-0.3, -0.25) is 14.2 Å².